The van der Waals surface area contributed by atoms with Crippen LogP contribution in [0.4, 0.5) is 5.69 Å². The van der Waals surface area contributed by atoms with Crippen molar-refractivity contribution in [2.24, 2.45) is 4.99 Å². The van der Waals surface area contributed by atoms with Gasteiger partial charge in [-0.3, -0.25) is 10.1 Å². The number of aliphatic imine (C=N–C) groups is 1. The van der Waals surface area contributed by atoms with Crippen LogP contribution in [0.5, 0.6) is 5.75 Å². The molecule has 0 spiro atoms. The minimum Gasteiger partial charge on any atom is -0.494 e. The Morgan fingerprint density at radius 2 is 2.32 bits per heavy atom. The molecule has 2 aliphatic heterocycles. The number of hydrogen-bond acceptors (Lipinski definition) is 5. The Labute approximate surface area is 146 Å². The molecule has 7 heteroatoms. The van der Waals surface area contributed by atoms with Gasteiger partial charge in [0.1, 0.15) is 11.8 Å². The summed E-state index contributed by atoms with van der Waals surface area (Å²) in [6.45, 7) is 4.23. The standard InChI is InChI=1S/C18H21N5O2/c1-2-16-17(24)21-18-20-15-5-4-14(10-13(15)11-23(16)18)25-9-3-7-22-8-6-19-12-22/h4-6,8,10,12,16H,2-3,7,9,11H2,1H3,(H,20,21,24). The van der Waals surface area contributed by atoms with Crippen LogP contribution in [0.25, 0.3) is 0 Å². The maximum absolute atomic E-state index is 12.0. The van der Waals surface area contributed by atoms with Crippen LogP contribution < -0.4 is 10.1 Å². The van der Waals surface area contributed by atoms with Crippen molar-refractivity contribution in [3.05, 3.63) is 42.5 Å². The van der Waals surface area contributed by atoms with Crippen molar-refractivity contribution < 1.29 is 9.53 Å². The Bertz CT molecular complexity index is 800. The average molecular weight is 339 g/mol. The van der Waals surface area contributed by atoms with Gasteiger partial charge in [0.25, 0.3) is 0 Å². The number of aromatic nitrogens is 2. The average Bonchev–Trinajstić information content (AvgIpc) is 3.23. The topological polar surface area (TPSA) is 71.7 Å². The number of aryl methyl sites for hydroxylation is 1. The number of amides is 1. The van der Waals surface area contributed by atoms with Crippen molar-refractivity contribution >= 4 is 17.6 Å². The molecule has 7 nitrogen and oxygen atoms in total. The predicted octanol–water partition coefficient (Wildman–Crippen LogP) is 2.06. The number of imidazole rings is 1. The first kappa shape index (κ1) is 15.7. The highest BCUT2D eigenvalue weighted by atomic mass is 16.5. The van der Waals surface area contributed by atoms with Crippen LogP contribution in [-0.2, 0) is 17.9 Å². The maximum Gasteiger partial charge on any atom is 0.249 e. The molecular weight excluding hydrogens is 318 g/mol. The Morgan fingerprint density at radius 1 is 1.40 bits per heavy atom. The van der Waals surface area contributed by atoms with Gasteiger partial charge in [0.05, 0.1) is 18.6 Å². The van der Waals surface area contributed by atoms with E-state index in [1.54, 1.807) is 6.20 Å². The van der Waals surface area contributed by atoms with Crippen LogP contribution in [0.15, 0.2) is 41.9 Å². The lowest BCUT2D eigenvalue weighted by molar-refractivity contribution is -0.121. The molecule has 1 fully saturated rings. The quantitative estimate of drug-likeness (QED) is 0.818. The molecule has 0 bridgehead atoms. The van der Waals surface area contributed by atoms with E-state index < -0.39 is 0 Å². The molecule has 4 rings (SSSR count). The summed E-state index contributed by atoms with van der Waals surface area (Å²) in [5.74, 6) is 1.54. The van der Waals surface area contributed by atoms with Crippen LogP contribution in [0.3, 0.4) is 0 Å². The van der Waals surface area contributed by atoms with E-state index in [2.05, 4.69) is 15.3 Å². The Hall–Kier alpha value is -2.83. The summed E-state index contributed by atoms with van der Waals surface area (Å²) in [6.07, 6.45) is 7.22. The number of ether oxygens (including phenoxy) is 1. The first-order valence-corrected chi connectivity index (χ1v) is 8.62. The van der Waals surface area contributed by atoms with Gasteiger partial charge in [-0.15, -0.1) is 0 Å². The molecule has 2 aliphatic rings. The zero-order chi connectivity index (χ0) is 17.2. The first-order chi connectivity index (χ1) is 12.2. The number of fused-ring (bicyclic) bond motifs is 2. The molecule has 1 N–H and O–H groups in total. The third-order valence-corrected chi connectivity index (χ3v) is 4.58. The van der Waals surface area contributed by atoms with Gasteiger partial charge in [-0.05, 0) is 31.0 Å². The minimum atomic E-state index is -0.133. The molecule has 1 aromatic carbocycles. The van der Waals surface area contributed by atoms with Gasteiger partial charge in [0.15, 0.2) is 0 Å². The molecule has 1 unspecified atom stereocenters. The number of benzene rings is 1. The highest BCUT2D eigenvalue weighted by Gasteiger charge is 2.37. The van der Waals surface area contributed by atoms with E-state index in [4.69, 9.17) is 4.74 Å². The van der Waals surface area contributed by atoms with Crippen molar-refractivity contribution in [2.45, 2.75) is 38.9 Å². The lowest BCUT2D eigenvalue weighted by Crippen LogP contribution is -2.36. The van der Waals surface area contributed by atoms with Crippen molar-refractivity contribution in [3.8, 4) is 5.75 Å². The monoisotopic (exact) mass is 339 g/mol. The summed E-state index contributed by atoms with van der Waals surface area (Å²) < 4.78 is 7.91. The highest BCUT2D eigenvalue weighted by molar-refractivity contribution is 6.07. The molecule has 0 aliphatic carbocycles. The molecule has 1 aromatic heterocycles. The number of guanidine groups is 1. The van der Waals surface area contributed by atoms with Gasteiger partial charge in [-0.1, -0.05) is 6.92 Å². The Kier molecular flexibility index (Phi) is 4.13. The number of hydrogen-bond donors (Lipinski definition) is 1. The van der Waals surface area contributed by atoms with Gasteiger partial charge in [0.2, 0.25) is 11.9 Å². The summed E-state index contributed by atoms with van der Waals surface area (Å²) in [5.41, 5.74) is 1.99. The SMILES string of the molecule is CCC1C(=O)NC2=Nc3ccc(OCCCn4ccnc4)cc3CN21. The number of rotatable bonds is 6. The Morgan fingerprint density at radius 3 is 3.12 bits per heavy atom. The maximum atomic E-state index is 12.0. The second-order valence-electron chi connectivity index (χ2n) is 6.27. The number of carbonyl (C=O) groups is 1. The fraction of sp³-hybridized carbons (Fsp3) is 0.389. The van der Waals surface area contributed by atoms with Crippen LogP contribution in [0.1, 0.15) is 25.3 Å². The minimum absolute atomic E-state index is 0.0324. The zero-order valence-corrected chi connectivity index (χ0v) is 14.2. The first-order valence-electron chi connectivity index (χ1n) is 8.62. The van der Waals surface area contributed by atoms with Gasteiger partial charge in [-0.2, -0.15) is 0 Å². The van der Waals surface area contributed by atoms with Crippen LogP contribution in [0.2, 0.25) is 0 Å². The van der Waals surface area contributed by atoms with Gasteiger partial charge in [0, 0.05) is 31.0 Å². The summed E-state index contributed by atoms with van der Waals surface area (Å²) in [4.78, 5) is 22.6. The molecule has 130 valence electrons. The largest absolute Gasteiger partial charge is 0.494 e. The number of nitrogens with one attached hydrogen (secondary N) is 1. The van der Waals surface area contributed by atoms with E-state index in [9.17, 15) is 4.79 Å². The molecule has 1 saturated heterocycles. The van der Waals surface area contributed by atoms with E-state index in [-0.39, 0.29) is 11.9 Å². The predicted molar refractivity (Wildman–Crippen MR) is 93.6 cm³/mol. The molecule has 1 amide bonds. The normalized spacial score (nSPS) is 18.4. The van der Waals surface area contributed by atoms with Gasteiger partial charge < -0.3 is 14.2 Å². The molecule has 2 aromatic rings. The zero-order valence-electron chi connectivity index (χ0n) is 14.2. The molecular formula is C18H21N5O2. The summed E-state index contributed by atoms with van der Waals surface area (Å²) in [6, 6.07) is 5.79. The summed E-state index contributed by atoms with van der Waals surface area (Å²) in [5, 5.41) is 2.87. The number of carbonyl (C=O) groups excluding carboxylic acids is 1. The molecule has 25 heavy (non-hydrogen) atoms. The fourth-order valence-corrected chi connectivity index (χ4v) is 3.28. The van der Waals surface area contributed by atoms with E-state index in [0.29, 0.717) is 19.1 Å². The molecule has 3 heterocycles. The third-order valence-electron chi connectivity index (χ3n) is 4.58. The van der Waals surface area contributed by atoms with Crippen molar-refractivity contribution in [3.63, 3.8) is 0 Å². The van der Waals surface area contributed by atoms with Crippen molar-refractivity contribution in [1.82, 2.24) is 19.8 Å². The smallest absolute Gasteiger partial charge is 0.249 e. The summed E-state index contributed by atoms with van der Waals surface area (Å²) >= 11 is 0. The highest BCUT2D eigenvalue weighted by Crippen LogP contribution is 2.32. The fourth-order valence-electron chi connectivity index (χ4n) is 3.28. The number of nitrogens with zero attached hydrogens (tertiary/aromatic N) is 4. The molecule has 0 saturated carbocycles. The lowest BCUT2D eigenvalue weighted by atomic mass is 10.1. The van der Waals surface area contributed by atoms with Crippen LogP contribution >= 0.6 is 0 Å². The second kappa shape index (κ2) is 6.58. The van der Waals surface area contributed by atoms with Crippen LogP contribution in [-0.4, -0.2) is 39.0 Å². The Balaban J connectivity index is 1.40. The van der Waals surface area contributed by atoms with Crippen molar-refractivity contribution in [1.29, 1.82) is 0 Å². The second-order valence-corrected chi connectivity index (χ2v) is 6.27. The molecule has 0 radical (unpaired) electrons. The molecule has 1 atom stereocenters. The van der Waals surface area contributed by atoms with E-state index in [0.717, 1.165) is 36.4 Å². The van der Waals surface area contributed by atoms with E-state index >= 15 is 0 Å². The van der Waals surface area contributed by atoms with E-state index in [1.165, 1.54) is 0 Å². The summed E-state index contributed by atoms with van der Waals surface area (Å²) in [7, 11) is 0. The van der Waals surface area contributed by atoms with E-state index in [1.807, 2.05) is 47.1 Å². The van der Waals surface area contributed by atoms with Crippen molar-refractivity contribution in [2.75, 3.05) is 6.61 Å². The van der Waals surface area contributed by atoms with Gasteiger partial charge >= 0.3 is 0 Å². The lowest BCUT2D eigenvalue weighted by Gasteiger charge is -2.27. The van der Waals surface area contributed by atoms with Crippen LogP contribution in [0, 0.1) is 0 Å². The third kappa shape index (κ3) is 3.09. The van der Waals surface area contributed by atoms with Gasteiger partial charge in [-0.25, -0.2) is 9.98 Å².